The molecule has 1 aliphatic rings. The minimum absolute atomic E-state index is 0.621. The van der Waals surface area contributed by atoms with Gasteiger partial charge in [0.1, 0.15) is 0 Å². The van der Waals surface area contributed by atoms with Gasteiger partial charge in [-0.1, -0.05) is 84.3 Å². The lowest BCUT2D eigenvalue weighted by molar-refractivity contribution is 0.0382. The van der Waals surface area contributed by atoms with Crippen LogP contribution >= 0.6 is 0 Å². The Morgan fingerprint density at radius 3 is 2.58 bits per heavy atom. The molecule has 1 rings (SSSR count). The number of allylic oxidation sites excluding steroid dienone is 2. The van der Waals surface area contributed by atoms with Crippen molar-refractivity contribution in [3.8, 4) is 0 Å². The van der Waals surface area contributed by atoms with E-state index in [0.717, 1.165) is 17.8 Å². The normalized spacial score (nSPS) is 30.7. The second kappa shape index (κ2) is 11.4. The maximum atomic E-state index is 2.58. The lowest BCUT2D eigenvalue weighted by Gasteiger charge is -2.46. The van der Waals surface area contributed by atoms with Crippen LogP contribution in [0.1, 0.15) is 119 Å². The molecule has 0 saturated heterocycles. The molecule has 4 unspecified atom stereocenters. The minimum atomic E-state index is 0.621. The third kappa shape index (κ3) is 6.57. The van der Waals surface area contributed by atoms with Gasteiger partial charge in [0, 0.05) is 0 Å². The van der Waals surface area contributed by atoms with Crippen molar-refractivity contribution in [1.82, 2.24) is 0 Å². The molecule has 0 N–H and O–H groups in total. The van der Waals surface area contributed by atoms with Crippen LogP contribution in [0.3, 0.4) is 0 Å². The summed E-state index contributed by atoms with van der Waals surface area (Å²) in [6.07, 6.45) is 19.5. The summed E-state index contributed by atoms with van der Waals surface area (Å²) < 4.78 is 0. The maximum Gasteiger partial charge on any atom is -0.0269 e. The van der Waals surface area contributed by atoms with E-state index >= 15 is 0 Å². The quantitative estimate of drug-likeness (QED) is 0.370. The Hall–Kier alpha value is -0.260. The van der Waals surface area contributed by atoms with Crippen molar-refractivity contribution in [2.45, 2.75) is 119 Å². The highest BCUT2D eigenvalue weighted by atomic mass is 14.4. The molecule has 142 valence electrons. The van der Waals surface area contributed by atoms with E-state index < -0.39 is 0 Å². The number of hydrogen-bond donors (Lipinski definition) is 0. The first-order chi connectivity index (χ1) is 11.5. The van der Waals surface area contributed by atoms with Gasteiger partial charge in [0.2, 0.25) is 0 Å². The van der Waals surface area contributed by atoms with Crippen LogP contribution in [0.25, 0.3) is 0 Å². The summed E-state index contributed by atoms with van der Waals surface area (Å²) in [5.41, 5.74) is 2.20. The van der Waals surface area contributed by atoms with E-state index in [1.165, 1.54) is 77.0 Å². The van der Waals surface area contributed by atoms with Crippen LogP contribution in [0, 0.1) is 23.2 Å². The predicted molar refractivity (Wildman–Crippen MR) is 110 cm³/mol. The number of rotatable bonds is 9. The van der Waals surface area contributed by atoms with Crippen LogP contribution in [0.2, 0.25) is 0 Å². The van der Waals surface area contributed by atoms with Gasteiger partial charge in [-0.15, -0.1) is 0 Å². The zero-order valence-electron chi connectivity index (χ0n) is 17.8. The fourth-order valence-corrected chi connectivity index (χ4v) is 5.43. The van der Waals surface area contributed by atoms with Crippen molar-refractivity contribution in [3.05, 3.63) is 11.6 Å². The molecule has 0 heteroatoms. The summed E-state index contributed by atoms with van der Waals surface area (Å²) in [7, 11) is 0. The molecular formula is C24H46. The van der Waals surface area contributed by atoms with Crippen LogP contribution in [0.5, 0.6) is 0 Å². The standard InChI is InChI=1S/C24H46/c1-7-14-21(5)19-23-22(6)16-11-10-12-17-24(23,9-3)18-13-15-20(4)8-2/h8,21-23H,7,9-19H2,1-6H3. The molecule has 4 atom stereocenters. The molecule has 0 aromatic rings. The van der Waals surface area contributed by atoms with Crippen LogP contribution in [0.4, 0.5) is 0 Å². The number of hydrogen-bond acceptors (Lipinski definition) is 0. The van der Waals surface area contributed by atoms with Crippen molar-refractivity contribution in [3.63, 3.8) is 0 Å². The second-order valence-corrected chi connectivity index (χ2v) is 9.02. The Labute approximate surface area is 153 Å². The Kier molecular flexibility index (Phi) is 10.3. The van der Waals surface area contributed by atoms with E-state index in [9.17, 15) is 0 Å². The maximum absolute atomic E-state index is 2.58. The van der Waals surface area contributed by atoms with Crippen LogP contribution in [-0.4, -0.2) is 0 Å². The predicted octanol–water partition coefficient (Wildman–Crippen LogP) is 8.56. The van der Waals surface area contributed by atoms with Crippen LogP contribution < -0.4 is 0 Å². The first kappa shape index (κ1) is 21.8. The first-order valence-corrected chi connectivity index (χ1v) is 11.1. The molecule has 0 aliphatic heterocycles. The van der Waals surface area contributed by atoms with Gasteiger partial charge in [-0.25, -0.2) is 0 Å². The summed E-state index contributed by atoms with van der Waals surface area (Å²) in [5.74, 6) is 2.78. The summed E-state index contributed by atoms with van der Waals surface area (Å²) >= 11 is 0. The Morgan fingerprint density at radius 2 is 1.96 bits per heavy atom. The van der Waals surface area contributed by atoms with E-state index in [-0.39, 0.29) is 0 Å². The molecule has 0 radical (unpaired) electrons. The van der Waals surface area contributed by atoms with Gasteiger partial charge in [0.05, 0.1) is 0 Å². The molecule has 1 aliphatic carbocycles. The molecule has 1 fully saturated rings. The Morgan fingerprint density at radius 1 is 1.21 bits per heavy atom. The lowest BCUT2D eigenvalue weighted by atomic mass is 9.59. The van der Waals surface area contributed by atoms with E-state index in [1.54, 1.807) is 5.57 Å². The Balaban J connectivity index is 2.90. The fourth-order valence-electron chi connectivity index (χ4n) is 5.43. The van der Waals surface area contributed by atoms with E-state index in [4.69, 9.17) is 0 Å². The molecule has 24 heavy (non-hydrogen) atoms. The van der Waals surface area contributed by atoms with E-state index in [1.807, 2.05) is 0 Å². The Bertz CT molecular complexity index is 353. The zero-order chi connectivity index (χ0) is 18.0. The smallest absolute Gasteiger partial charge is 0.0269 e. The fraction of sp³-hybridized carbons (Fsp3) is 0.917. The molecule has 0 aromatic carbocycles. The molecule has 0 bridgehead atoms. The topological polar surface area (TPSA) is 0 Å². The second-order valence-electron chi connectivity index (χ2n) is 9.02. The average Bonchev–Trinajstić information content (AvgIpc) is 2.56. The van der Waals surface area contributed by atoms with Crippen molar-refractivity contribution < 1.29 is 0 Å². The largest absolute Gasteiger partial charge is 0.0887 e. The highest BCUT2D eigenvalue weighted by molar-refractivity contribution is 4.97. The van der Waals surface area contributed by atoms with Gasteiger partial charge in [-0.3, -0.25) is 0 Å². The van der Waals surface area contributed by atoms with Gasteiger partial charge in [0.15, 0.2) is 0 Å². The van der Waals surface area contributed by atoms with Crippen LogP contribution in [-0.2, 0) is 0 Å². The zero-order valence-corrected chi connectivity index (χ0v) is 17.8. The van der Waals surface area contributed by atoms with Gasteiger partial charge < -0.3 is 0 Å². The molecule has 0 spiro atoms. The molecular weight excluding hydrogens is 288 g/mol. The summed E-state index contributed by atoms with van der Waals surface area (Å²) in [5, 5.41) is 0. The van der Waals surface area contributed by atoms with Crippen molar-refractivity contribution in [2.75, 3.05) is 0 Å². The first-order valence-electron chi connectivity index (χ1n) is 11.1. The molecule has 0 nitrogen and oxygen atoms in total. The average molecular weight is 335 g/mol. The van der Waals surface area contributed by atoms with E-state index in [0.29, 0.717) is 5.41 Å². The van der Waals surface area contributed by atoms with Gasteiger partial charge in [0.25, 0.3) is 0 Å². The SMILES string of the molecule is CC=C(C)CCCC1(CC)CCCCCC(C)C1CC(C)CCC. The van der Waals surface area contributed by atoms with Gasteiger partial charge >= 0.3 is 0 Å². The monoisotopic (exact) mass is 334 g/mol. The van der Waals surface area contributed by atoms with Crippen LogP contribution in [0.15, 0.2) is 11.6 Å². The minimum Gasteiger partial charge on any atom is -0.0887 e. The molecule has 0 heterocycles. The van der Waals surface area contributed by atoms with Gasteiger partial charge in [-0.2, -0.15) is 0 Å². The van der Waals surface area contributed by atoms with Crippen molar-refractivity contribution >= 4 is 0 Å². The lowest BCUT2D eigenvalue weighted by Crippen LogP contribution is -2.37. The highest BCUT2D eigenvalue weighted by Gasteiger charge is 2.40. The summed E-state index contributed by atoms with van der Waals surface area (Å²) in [6, 6.07) is 0. The van der Waals surface area contributed by atoms with E-state index in [2.05, 4.69) is 47.6 Å². The van der Waals surface area contributed by atoms with Gasteiger partial charge in [-0.05, 0) is 69.1 Å². The molecule has 0 amide bonds. The third-order valence-electron chi connectivity index (χ3n) is 7.19. The molecule has 1 saturated carbocycles. The van der Waals surface area contributed by atoms with Crippen molar-refractivity contribution in [1.29, 1.82) is 0 Å². The highest BCUT2D eigenvalue weighted by Crippen LogP contribution is 2.50. The van der Waals surface area contributed by atoms with Crippen molar-refractivity contribution in [2.24, 2.45) is 23.2 Å². The molecule has 0 aromatic heterocycles. The summed E-state index contributed by atoms with van der Waals surface area (Å²) in [6.45, 7) is 14.4. The third-order valence-corrected chi connectivity index (χ3v) is 7.19. The summed E-state index contributed by atoms with van der Waals surface area (Å²) in [4.78, 5) is 0.